The van der Waals surface area contributed by atoms with Gasteiger partial charge in [-0.3, -0.25) is 9.59 Å². The van der Waals surface area contributed by atoms with Crippen molar-refractivity contribution >= 4 is 11.8 Å². The van der Waals surface area contributed by atoms with E-state index in [0.29, 0.717) is 19.5 Å². The molecule has 3 aliphatic rings. The van der Waals surface area contributed by atoms with Crippen molar-refractivity contribution in [2.45, 2.75) is 44.2 Å². The molecular formula is C24H27N3O3. The van der Waals surface area contributed by atoms with Gasteiger partial charge in [-0.25, -0.2) is 4.98 Å². The molecule has 0 radical (unpaired) electrons. The highest BCUT2D eigenvalue weighted by Crippen LogP contribution is 2.43. The van der Waals surface area contributed by atoms with Gasteiger partial charge >= 0.3 is 0 Å². The number of nitrogens with zero attached hydrogens (tertiary/aromatic N) is 3. The molecule has 1 aromatic carbocycles. The molecule has 1 N–H and O–H groups in total. The summed E-state index contributed by atoms with van der Waals surface area (Å²) >= 11 is 0. The fourth-order valence-electron chi connectivity index (χ4n) is 5.77. The van der Waals surface area contributed by atoms with Crippen molar-refractivity contribution in [1.82, 2.24) is 14.8 Å². The first-order valence-electron chi connectivity index (χ1n) is 10.9. The second kappa shape index (κ2) is 7.74. The summed E-state index contributed by atoms with van der Waals surface area (Å²) in [5.74, 6) is 0.501. The smallest absolute Gasteiger partial charge is 0.276 e. The summed E-state index contributed by atoms with van der Waals surface area (Å²) in [4.78, 5) is 34.3. The van der Waals surface area contributed by atoms with Crippen LogP contribution in [0.15, 0.2) is 48.7 Å². The van der Waals surface area contributed by atoms with E-state index >= 15 is 0 Å². The highest BCUT2D eigenvalue weighted by molar-refractivity contribution is 5.95. The van der Waals surface area contributed by atoms with E-state index in [1.54, 1.807) is 6.07 Å². The lowest BCUT2D eigenvalue weighted by Gasteiger charge is -2.56. The number of pyridine rings is 1. The first kappa shape index (κ1) is 19.1. The van der Waals surface area contributed by atoms with Crippen LogP contribution in [0.3, 0.4) is 0 Å². The molecule has 0 saturated carbocycles. The third-order valence-corrected chi connectivity index (χ3v) is 7.06. The molecular weight excluding hydrogens is 378 g/mol. The Morgan fingerprint density at radius 1 is 1.10 bits per heavy atom. The number of fused-ring (bicyclic) bond motifs is 4. The van der Waals surface area contributed by atoms with Crippen LogP contribution >= 0.6 is 0 Å². The second-order valence-corrected chi connectivity index (χ2v) is 8.85. The van der Waals surface area contributed by atoms with Crippen molar-refractivity contribution < 1.29 is 14.7 Å². The normalized spacial score (nSPS) is 28.2. The lowest BCUT2D eigenvalue weighted by molar-refractivity contribution is -0.151. The molecule has 5 rings (SSSR count). The van der Waals surface area contributed by atoms with Gasteiger partial charge in [0.05, 0.1) is 0 Å². The van der Waals surface area contributed by atoms with Gasteiger partial charge in [0.1, 0.15) is 5.75 Å². The number of aromatic nitrogens is 1. The van der Waals surface area contributed by atoms with Crippen LogP contribution in [0.5, 0.6) is 5.75 Å². The molecule has 6 heteroatoms. The second-order valence-electron chi connectivity index (χ2n) is 8.85. The molecule has 30 heavy (non-hydrogen) atoms. The Kier molecular flexibility index (Phi) is 4.93. The fraction of sp³-hybridized carbons (Fsp3) is 0.458. The zero-order valence-electron chi connectivity index (χ0n) is 17.0. The lowest BCUT2D eigenvalue weighted by Crippen LogP contribution is -2.66. The summed E-state index contributed by atoms with van der Waals surface area (Å²) in [6.07, 6.45) is 5.96. The Morgan fingerprint density at radius 3 is 2.70 bits per heavy atom. The van der Waals surface area contributed by atoms with E-state index in [0.717, 1.165) is 25.7 Å². The Morgan fingerprint density at radius 2 is 1.90 bits per heavy atom. The summed E-state index contributed by atoms with van der Waals surface area (Å²) < 4.78 is 0. The quantitative estimate of drug-likeness (QED) is 0.852. The van der Waals surface area contributed by atoms with Crippen molar-refractivity contribution in [2.75, 3.05) is 13.1 Å². The first-order valence-corrected chi connectivity index (χ1v) is 10.9. The Hall–Kier alpha value is -2.89. The van der Waals surface area contributed by atoms with E-state index in [2.05, 4.69) is 22.0 Å². The van der Waals surface area contributed by atoms with Gasteiger partial charge in [0.15, 0.2) is 5.69 Å². The molecule has 4 atom stereocenters. The zero-order chi connectivity index (χ0) is 20.7. The van der Waals surface area contributed by atoms with Crippen molar-refractivity contribution in [3.63, 3.8) is 0 Å². The van der Waals surface area contributed by atoms with Gasteiger partial charge in [0.25, 0.3) is 5.91 Å². The molecule has 3 saturated heterocycles. The Bertz CT molecular complexity index is 948. The molecule has 3 aliphatic heterocycles. The topological polar surface area (TPSA) is 73.7 Å². The number of carbonyl (C=O) groups is 2. The fourth-order valence-corrected chi connectivity index (χ4v) is 5.77. The number of amides is 2. The number of aromatic hydroxyl groups is 1. The van der Waals surface area contributed by atoms with Crippen LogP contribution in [0.2, 0.25) is 0 Å². The van der Waals surface area contributed by atoms with Gasteiger partial charge < -0.3 is 14.9 Å². The number of hydrogen-bond donors (Lipinski definition) is 1. The van der Waals surface area contributed by atoms with Crippen molar-refractivity contribution in [2.24, 2.45) is 11.8 Å². The average Bonchev–Trinajstić information content (AvgIpc) is 2.77. The number of likely N-dealkylation sites (tertiary alicyclic amines) is 1. The van der Waals surface area contributed by atoms with Crippen LogP contribution in [-0.4, -0.2) is 56.9 Å². The van der Waals surface area contributed by atoms with Gasteiger partial charge in [0, 0.05) is 37.8 Å². The molecule has 4 heterocycles. The minimum Gasteiger partial charge on any atom is -0.505 e. The van der Waals surface area contributed by atoms with Gasteiger partial charge in [-0.2, -0.15) is 0 Å². The van der Waals surface area contributed by atoms with Gasteiger partial charge in [-0.1, -0.05) is 30.3 Å². The largest absolute Gasteiger partial charge is 0.505 e. The minimum absolute atomic E-state index is 0.0754. The highest BCUT2D eigenvalue weighted by Gasteiger charge is 2.50. The number of rotatable bonds is 3. The van der Waals surface area contributed by atoms with Crippen LogP contribution < -0.4 is 0 Å². The summed E-state index contributed by atoms with van der Waals surface area (Å²) in [5, 5.41) is 10.1. The van der Waals surface area contributed by atoms with Crippen molar-refractivity contribution in [1.29, 1.82) is 0 Å². The zero-order valence-corrected chi connectivity index (χ0v) is 17.0. The van der Waals surface area contributed by atoms with Crippen LogP contribution in [0.4, 0.5) is 0 Å². The first-order chi connectivity index (χ1) is 14.6. The predicted octanol–water partition coefficient (Wildman–Crippen LogP) is 2.87. The SMILES string of the molecule is O=C(c1ncccc1O)N1C[C@H]2C[C@@H](C1)[C@H](Cc1ccccc1)N1C(=O)CCC[C@@H]21. The number of carbonyl (C=O) groups excluding carboxylic acids is 2. The van der Waals surface area contributed by atoms with E-state index in [1.807, 2.05) is 23.1 Å². The third kappa shape index (κ3) is 3.34. The average molecular weight is 405 g/mol. The van der Waals surface area contributed by atoms with Crippen LogP contribution in [0.1, 0.15) is 41.7 Å². The molecule has 6 nitrogen and oxygen atoms in total. The number of benzene rings is 1. The van der Waals surface area contributed by atoms with E-state index in [1.165, 1.54) is 17.8 Å². The van der Waals surface area contributed by atoms with Gasteiger partial charge in [0.2, 0.25) is 5.91 Å². The minimum atomic E-state index is -0.211. The van der Waals surface area contributed by atoms with Gasteiger partial charge in [-0.05, 0) is 55.2 Å². The maximum Gasteiger partial charge on any atom is 0.276 e. The number of hydrogen-bond acceptors (Lipinski definition) is 4. The summed E-state index contributed by atoms with van der Waals surface area (Å²) in [7, 11) is 0. The highest BCUT2D eigenvalue weighted by atomic mass is 16.3. The summed E-state index contributed by atoms with van der Waals surface area (Å²) in [6, 6.07) is 13.8. The molecule has 0 spiro atoms. The Balaban J connectivity index is 1.45. The molecule has 156 valence electrons. The summed E-state index contributed by atoms with van der Waals surface area (Å²) in [5.41, 5.74) is 1.34. The van der Waals surface area contributed by atoms with Crippen LogP contribution in [-0.2, 0) is 11.2 Å². The van der Waals surface area contributed by atoms with E-state index in [-0.39, 0.29) is 47.2 Å². The summed E-state index contributed by atoms with van der Waals surface area (Å²) in [6.45, 7) is 1.22. The maximum absolute atomic E-state index is 13.2. The van der Waals surface area contributed by atoms with E-state index < -0.39 is 0 Å². The predicted molar refractivity (Wildman–Crippen MR) is 112 cm³/mol. The Labute approximate surface area is 176 Å². The molecule has 2 aromatic rings. The van der Waals surface area contributed by atoms with Crippen molar-refractivity contribution in [3.8, 4) is 5.75 Å². The standard InChI is InChI=1S/C24H27N3O3/c28-21-9-5-11-25-23(21)24(30)26-14-17-13-18(15-26)20(12-16-6-2-1-3-7-16)27-19(17)8-4-10-22(27)29/h1-3,5-7,9,11,17-20,28H,4,8,10,12-15H2/t17-,18+,19+,20+/m1/s1. The van der Waals surface area contributed by atoms with E-state index in [4.69, 9.17) is 0 Å². The van der Waals surface area contributed by atoms with Crippen LogP contribution in [0.25, 0.3) is 0 Å². The maximum atomic E-state index is 13.2. The molecule has 2 amide bonds. The molecule has 0 aliphatic carbocycles. The monoisotopic (exact) mass is 405 g/mol. The third-order valence-electron chi connectivity index (χ3n) is 7.06. The van der Waals surface area contributed by atoms with Crippen molar-refractivity contribution in [3.05, 3.63) is 59.9 Å². The van der Waals surface area contributed by atoms with Crippen LogP contribution in [0, 0.1) is 11.8 Å². The lowest BCUT2D eigenvalue weighted by atomic mass is 9.70. The van der Waals surface area contributed by atoms with Gasteiger partial charge in [-0.15, -0.1) is 0 Å². The molecule has 1 aromatic heterocycles. The van der Waals surface area contributed by atoms with E-state index in [9.17, 15) is 14.7 Å². The number of piperidine rings is 3. The molecule has 0 unspecified atom stereocenters. The molecule has 2 bridgehead atoms. The molecule has 3 fully saturated rings.